The number of carbonyl (C=O) groups excluding carboxylic acids is 1. The summed E-state index contributed by atoms with van der Waals surface area (Å²) < 4.78 is 11.9. The van der Waals surface area contributed by atoms with Gasteiger partial charge in [0.1, 0.15) is 13.1 Å². The number of ether oxygens (including phenoxy) is 2. The van der Waals surface area contributed by atoms with Gasteiger partial charge in [-0.2, -0.15) is 10.8 Å². The summed E-state index contributed by atoms with van der Waals surface area (Å²) in [4.78, 5) is 24.8. The smallest absolute Gasteiger partial charge is 0.281 e. The Bertz CT molecular complexity index is 1230. The number of methoxy groups -OCH3 is 1. The highest BCUT2D eigenvalue weighted by molar-refractivity contribution is 6.15. The van der Waals surface area contributed by atoms with Crippen LogP contribution in [0.25, 0.3) is 0 Å². The van der Waals surface area contributed by atoms with Crippen LogP contribution in [0.5, 0.6) is 11.5 Å². The van der Waals surface area contributed by atoms with Crippen LogP contribution in [0.2, 0.25) is 0 Å². The number of amides is 1. The number of quaternary nitrogens is 1. The number of aliphatic imine (C=N–C) groups is 2. The minimum Gasteiger partial charge on any atom is -0.493 e. The lowest BCUT2D eigenvalue weighted by molar-refractivity contribution is -0.848. The van der Waals surface area contributed by atoms with Crippen LogP contribution in [0.15, 0.2) is 46.4 Å². The molecule has 0 aliphatic carbocycles. The van der Waals surface area contributed by atoms with Crippen LogP contribution in [-0.4, -0.2) is 80.4 Å². The second-order valence-corrected chi connectivity index (χ2v) is 11.2. The number of nitrogens with zero attached hydrogens (tertiary/aromatic N) is 4. The largest absolute Gasteiger partial charge is 0.493 e. The van der Waals surface area contributed by atoms with Crippen molar-refractivity contribution in [3.8, 4) is 11.5 Å². The minimum absolute atomic E-state index is 0.208. The predicted octanol–water partition coefficient (Wildman–Crippen LogP) is 4.56. The molecule has 0 spiro atoms. The molecule has 0 unspecified atom stereocenters. The summed E-state index contributed by atoms with van der Waals surface area (Å²) in [5.74, 6) is 8.04. The zero-order valence-corrected chi connectivity index (χ0v) is 23.6. The Kier molecular flexibility index (Phi) is 8.45. The van der Waals surface area contributed by atoms with Gasteiger partial charge in [-0.1, -0.05) is 18.6 Å². The number of likely N-dealkylation sites (tertiary alicyclic amines) is 2. The Balaban J connectivity index is 1.42. The zero-order valence-electron chi connectivity index (χ0n) is 23.6. The maximum absolute atomic E-state index is 12.9. The topological polar surface area (TPSA) is 89.5 Å². The minimum atomic E-state index is -0.268. The second kappa shape index (κ2) is 12.0. The van der Waals surface area contributed by atoms with E-state index in [1.54, 1.807) is 13.4 Å². The molecule has 2 atom stereocenters. The van der Waals surface area contributed by atoms with Gasteiger partial charge in [-0.15, -0.1) is 0 Å². The highest BCUT2D eigenvalue weighted by Crippen LogP contribution is 2.42. The van der Waals surface area contributed by atoms with Crippen LogP contribution in [0.3, 0.4) is 0 Å². The fourth-order valence-corrected chi connectivity index (χ4v) is 6.13. The SMILES string of the molecule is CCOc1cc2c(cc1OC)C(c1ccc(C(=O)N=C[N+]3(N)CCCCCCC3)cc1)=N[C@@H]1CCN(C)C[C@H]21. The number of piperidine rings is 1. The van der Waals surface area contributed by atoms with Crippen LogP contribution in [-0.2, 0) is 0 Å². The predicted molar refractivity (Wildman–Crippen MR) is 155 cm³/mol. The third kappa shape index (κ3) is 6.08. The number of hydrogen-bond donors (Lipinski definition) is 1. The third-order valence-corrected chi connectivity index (χ3v) is 8.32. The highest BCUT2D eigenvalue weighted by Gasteiger charge is 2.36. The molecule has 2 fully saturated rings. The summed E-state index contributed by atoms with van der Waals surface area (Å²) in [5, 5.41) is 0. The summed E-state index contributed by atoms with van der Waals surface area (Å²) in [5.41, 5.74) is 4.77. The lowest BCUT2D eigenvalue weighted by Gasteiger charge is -2.39. The van der Waals surface area contributed by atoms with Crippen molar-refractivity contribution in [1.82, 2.24) is 4.90 Å². The first-order valence-electron chi connectivity index (χ1n) is 14.4. The van der Waals surface area contributed by atoms with E-state index < -0.39 is 0 Å². The van der Waals surface area contributed by atoms with Crippen molar-refractivity contribution < 1.29 is 18.9 Å². The molecule has 5 rings (SSSR count). The lowest BCUT2D eigenvalue weighted by Crippen LogP contribution is -2.55. The van der Waals surface area contributed by atoms with Crippen molar-refractivity contribution in [3.63, 3.8) is 0 Å². The molecule has 3 aliphatic rings. The number of rotatable bonds is 6. The van der Waals surface area contributed by atoms with Gasteiger partial charge in [-0.05, 0) is 82.4 Å². The Morgan fingerprint density at radius 1 is 1.13 bits per heavy atom. The van der Waals surface area contributed by atoms with E-state index >= 15 is 0 Å². The first-order chi connectivity index (χ1) is 18.9. The molecule has 8 nitrogen and oxygen atoms in total. The molecule has 0 radical (unpaired) electrons. The summed E-state index contributed by atoms with van der Waals surface area (Å²) in [7, 11) is 3.84. The van der Waals surface area contributed by atoms with Crippen LogP contribution < -0.4 is 15.3 Å². The van der Waals surface area contributed by atoms with E-state index in [-0.39, 0.29) is 16.5 Å². The number of hydrogen-bond acceptors (Lipinski definition) is 6. The summed E-state index contributed by atoms with van der Waals surface area (Å²) in [6, 6.07) is 12.1. The highest BCUT2D eigenvalue weighted by atomic mass is 16.5. The molecule has 0 aromatic heterocycles. The Hall–Kier alpha value is -3.07. The zero-order chi connectivity index (χ0) is 27.4. The van der Waals surface area contributed by atoms with Gasteiger partial charge in [-0.25, -0.2) is 4.59 Å². The molecule has 3 aliphatic heterocycles. The summed E-state index contributed by atoms with van der Waals surface area (Å²) in [6.45, 7) is 6.18. The maximum atomic E-state index is 12.9. The first-order valence-corrected chi connectivity index (χ1v) is 14.4. The number of fused-ring (bicyclic) bond motifs is 3. The number of nitrogens with two attached hydrogens (primary N) is 1. The van der Waals surface area contributed by atoms with Gasteiger partial charge >= 0.3 is 0 Å². The van der Waals surface area contributed by atoms with E-state index in [9.17, 15) is 4.79 Å². The van der Waals surface area contributed by atoms with Crippen molar-refractivity contribution in [1.29, 1.82) is 0 Å². The lowest BCUT2D eigenvalue weighted by atomic mass is 9.79. The molecule has 39 heavy (non-hydrogen) atoms. The van der Waals surface area contributed by atoms with Crippen molar-refractivity contribution in [2.45, 2.75) is 57.4 Å². The number of carbonyl (C=O) groups is 1. The van der Waals surface area contributed by atoms with Gasteiger partial charge in [0.15, 0.2) is 11.5 Å². The van der Waals surface area contributed by atoms with Crippen LogP contribution in [0.4, 0.5) is 0 Å². The molecule has 3 heterocycles. The number of likely N-dealkylation sites (N-methyl/N-ethyl adjacent to an activating group) is 1. The molecule has 1 amide bonds. The van der Waals surface area contributed by atoms with Crippen molar-refractivity contribution in [2.24, 2.45) is 15.8 Å². The van der Waals surface area contributed by atoms with Crippen molar-refractivity contribution in [3.05, 3.63) is 58.7 Å². The van der Waals surface area contributed by atoms with E-state index in [2.05, 4.69) is 29.1 Å². The van der Waals surface area contributed by atoms with Gasteiger partial charge in [0.05, 0.1) is 25.5 Å². The Morgan fingerprint density at radius 3 is 2.54 bits per heavy atom. The Labute approximate surface area is 232 Å². The molecular formula is C31H42N5O3+. The first kappa shape index (κ1) is 27.5. The van der Waals surface area contributed by atoms with Crippen LogP contribution >= 0.6 is 0 Å². The molecule has 2 N–H and O–H groups in total. The average Bonchev–Trinajstić information content (AvgIpc) is 2.94. The monoisotopic (exact) mass is 532 g/mol. The molecule has 2 aromatic carbocycles. The Morgan fingerprint density at radius 2 is 1.85 bits per heavy atom. The fourth-order valence-electron chi connectivity index (χ4n) is 6.13. The van der Waals surface area contributed by atoms with E-state index in [1.807, 2.05) is 31.2 Å². The van der Waals surface area contributed by atoms with Crippen molar-refractivity contribution >= 4 is 18.0 Å². The van der Waals surface area contributed by atoms with Gasteiger partial charge in [0, 0.05) is 29.2 Å². The maximum Gasteiger partial charge on any atom is 0.281 e. The van der Waals surface area contributed by atoms with E-state index in [0.717, 1.165) is 68.0 Å². The molecule has 8 heteroatoms. The standard InChI is InChI=1S/C31H42N5O3/c1-4-39-29-18-24-25(19-28(29)38-3)30(34-27-14-15-35(2)20-26(24)27)22-10-12-23(13-11-22)31(37)33-21-36(32)16-8-6-5-7-9-17-36/h10-13,18-19,21,26-27H,4-9,14-17,20,32H2,1-3H3/q+1/t26-,27-/m1/s1. The molecule has 0 saturated carbocycles. The number of benzene rings is 2. The van der Waals surface area contributed by atoms with E-state index in [1.165, 1.54) is 24.8 Å². The summed E-state index contributed by atoms with van der Waals surface area (Å²) in [6.07, 6.45) is 8.40. The van der Waals surface area contributed by atoms with E-state index in [0.29, 0.717) is 23.8 Å². The molecule has 0 bridgehead atoms. The molecule has 2 saturated heterocycles. The normalized spacial score (nSPS) is 23.2. The molecular weight excluding hydrogens is 490 g/mol. The fraction of sp³-hybridized carbons (Fsp3) is 0.516. The molecule has 2 aromatic rings. The van der Waals surface area contributed by atoms with E-state index in [4.69, 9.17) is 20.3 Å². The van der Waals surface area contributed by atoms with Crippen LogP contribution in [0, 0.1) is 0 Å². The van der Waals surface area contributed by atoms with Gasteiger partial charge in [0.25, 0.3) is 5.91 Å². The van der Waals surface area contributed by atoms with Gasteiger partial charge in [0.2, 0.25) is 6.34 Å². The average molecular weight is 533 g/mol. The summed E-state index contributed by atoms with van der Waals surface area (Å²) >= 11 is 0. The van der Waals surface area contributed by atoms with Gasteiger partial charge < -0.3 is 14.4 Å². The van der Waals surface area contributed by atoms with Crippen molar-refractivity contribution in [2.75, 3.05) is 46.9 Å². The third-order valence-electron chi connectivity index (χ3n) is 8.32. The van der Waals surface area contributed by atoms with Crippen LogP contribution in [0.1, 0.15) is 78.4 Å². The molecule has 208 valence electrons. The quantitative estimate of drug-likeness (QED) is 0.255. The van der Waals surface area contributed by atoms with Gasteiger partial charge in [-0.3, -0.25) is 9.79 Å². The second-order valence-electron chi connectivity index (χ2n) is 11.2.